The molecule has 1 aliphatic heterocycles. The summed E-state index contributed by atoms with van der Waals surface area (Å²) in [6, 6.07) is 18.4. The second kappa shape index (κ2) is 6.07. The predicted molar refractivity (Wildman–Crippen MR) is 80.8 cm³/mol. The van der Waals surface area contributed by atoms with Crippen molar-refractivity contribution >= 4 is 0 Å². The molecule has 1 saturated heterocycles. The molecule has 2 aromatic carbocycles. The van der Waals surface area contributed by atoms with Gasteiger partial charge in [0.05, 0.1) is 0 Å². The van der Waals surface area contributed by atoms with Crippen LogP contribution in [0.4, 0.5) is 0 Å². The van der Waals surface area contributed by atoms with E-state index in [0.717, 1.165) is 37.6 Å². The van der Waals surface area contributed by atoms with Gasteiger partial charge in [0.1, 0.15) is 11.5 Å². The number of rotatable bonds is 4. The zero-order valence-electron chi connectivity index (χ0n) is 11.5. The number of likely N-dealkylation sites (tertiary alicyclic amines) is 1. The van der Waals surface area contributed by atoms with Crippen molar-refractivity contribution in [2.24, 2.45) is 5.73 Å². The van der Waals surface area contributed by atoms with Gasteiger partial charge in [0.15, 0.2) is 0 Å². The molecule has 3 nitrogen and oxygen atoms in total. The van der Waals surface area contributed by atoms with Gasteiger partial charge in [-0.15, -0.1) is 0 Å². The lowest BCUT2D eigenvalue weighted by atomic mass is 10.2. The molecule has 0 aliphatic carbocycles. The molecule has 1 aliphatic rings. The smallest absolute Gasteiger partial charge is 0.131 e. The van der Waals surface area contributed by atoms with E-state index in [-0.39, 0.29) is 0 Å². The summed E-state index contributed by atoms with van der Waals surface area (Å²) in [7, 11) is 0. The third kappa shape index (κ3) is 3.18. The molecular weight excluding hydrogens is 248 g/mol. The zero-order chi connectivity index (χ0) is 13.8. The molecule has 2 N–H and O–H groups in total. The molecule has 20 heavy (non-hydrogen) atoms. The molecule has 0 saturated carbocycles. The minimum absolute atomic E-state index is 0.317. The minimum atomic E-state index is 0.317. The molecule has 104 valence electrons. The molecule has 1 unspecified atom stereocenters. The van der Waals surface area contributed by atoms with Crippen LogP contribution in [0.2, 0.25) is 0 Å². The van der Waals surface area contributed by atoms with E-state index in [0.29, 0.717) is 6.04 Å². The highest BCUT2D eigenvalue weighted by Gasteiger charge is 2.20. The largest absolute Gasteiger partial charge is 0.457 e. The summed E-state index contributed by atoms with van der Waals surface area (Å²) >= 11 is 0. The molecule has 0 amide bonds. The number of para-hydroxylation sites is 2. The van der Waals surface area contributed by atoms with Crippen molar-refractivity contribution in [1.29, 1.82) is 0 Å². The number of benzene rings is 2. The maximum Gasteiger partial charge on any atom is 0.131 e. The van der Waals surface area contributed by atoms with Gasteiger partial charge in [-0.25, -0.2) is 0 Å². The van der Waals surface area contributed by atoms with Crippen LogP contribution < -0.4 is 10.5 Å². The van der Waals surface area contributed by atoms with Crippen LogP contribution in [-0.4, -0.2) is 24.0 Å². The Morgan fingerprint density at radius 2 is 1.80 bits per heavy atom. The molecule has 1 heterocycles. The summed E-state index contributed by atoms with van der Waals surface area (Å²) in [4.78, 5) is 2.39. The maximum atomic E-state index is 5.99. The van der Waals surface area contributed by atoms with Gasteiger partial charge >= 0.3 is 0 Å². The van der Waals surface area contributed by atoms with Crippen LogP contribution >= 0.6 is 0 Å². The molecule has 0 aromatic heterocycles. The summed E-state index contributed by atoms with van der Waals surface area (Å²) in [6.45, 7) is 2.94. The van der Waals surface area contributed by atoms with Crippen molar-refractivity contribution in [3.63, 3.8) is 0 Å². The second-order valence-corrected chi connectivity index (χ2v) is 5.31. The fraction of sp³-hybridized carbons (Fsp3) is 0.294. The topological polar surface area (TPSA) is 38.5 Å². The van der Waals surface area contributed by atoms with Crippen LogP contribution in [0.3, 0.4) is 0 Å². The normalized spacial score (nSPS) is 19.1. The first-order valence-corrected chi connectivity index (χ1v) is 7.10. The highest BCUT2D eigenvalue weighted by molar-refractivity contribution is 5.37. The predicted octanol–water partition coefficient (Wildman–Crippen LogP) is 3.01. The molecule has 1 fully saturated rings. The Labute approximate surface area is 120 Å². The summed E-state index contributed by atoms with van der Waals surface area (Å²) in [5.41, 5.74) is 7.18. The summed E-state index contributed by atoms with van der Waals surface area (Å²) in [5, 5.41) is 0. The van der Waals surface area contributed by atoms with Gasteiger partial charge in [-0.1, -0.05) is 36.4 Å². The highest BCUT2D eigenvalue weighted by atomic mass is 16.5. The Bertz CT molecular complexity index is 556. The third-order valence-electron chi connectivity index (χ3n) is 3.65. The first kappa shape index (κ1) is 13.2. The van der Waals surface area contributed by atoms with Crippen LogP contribution in [0.5, 0.6) is 11.5 Å². The van der Waals surface area contributed by atoms with Gasteiger partial charge in [-0.05, 0) is 24.6 Å². The summed E-state index contributed by atoms with van der Waals surface area (Å²) in [6.07, 6.45) is 1.09. The molecule has 0 radical (unpaired) electrons. The molecule has 1 atom stereocenters. The van der Waals surface area contributed by atoms with Crippen LogP contribution in [0.15, 0.2) is 54.6 Å². The van der Waals surface area contributed by atoms with Crippen LogP contribution in [0.1, 0.15) is 12.0 Å². The standard InChI is InChI=1S/C17H20N2O/c18-15-10-11-19(13-15)12-14-6-4-5-9-17(14)20-16-7-2-1-3-8-16/h1-9,15H,10-13,18H2. The number of ether oxygens (including phenoxy) is 1. The lowest BCUT2D eigenvalue weighted by Gasteiger charge is -2.18. The molecule has 3 heteroatoms. The Morgan fingerprint density at radius 3 is 2.55 bits per heavy atom. The maximum absolute atomic E-state index is 5.99. The molecule has 0 spiro atoms. The van der Waals surface area contributed by atoms with Crippen LogP contribution in [0.25, 0.3) is 0 Å². The SMILES string of the molecule is NC1CCN(Cc2ccccc2Oc2ccccc2)C1. The number of hydrogen-bond donors (Lipinski definition) is 1. The average Bonchev–Trinajstić information content (AvgIpc) is 2.88. The zero-order valence-corrected chi connectivity index (χ0v) is 11.5. The fourth-order valence-corrected chi connectivity index (χ4v) is 2.60. The van der Waals surface area contributed by atoms with Gasteiger partial charge < -0.3 is 10.5 Å². The van der Waals surface area contributed by atoms with Crippen molar-refractivity contribution in [2.45, 2.75) is 19.0 Å². The van der Waals surface area contributed by atoms with E-state index in [1.165, 1.54) is 5.56 Å². The summed E-state index contributed by atoms with van der Waals surface area (Å²) in [5.74, 6) is 1.80. The summed E-state index contributed by atoms with van der Waals surface area (Å²) < 4.78 is 5.99. The Kier molecular flexibility index (Phi) is 4.00. The van der Waals surface area contributed by atoms with Crippen LogP contribution in [0, 0.1) is 0 Å². The minimum Gasteiger partial charge on any atom is -0.457 e. The fourth-order valence-electron chi connectivity index (χ4n) is 2.60. The van der Waals surface area contributed by atoms with E-state index in [2.05, 4.69) is 17.0 Å². The van der Waals surface area contributed by atoms with Crippen molar-refractivity contribution in [1.82, 2.24) is 4.90 Å². The Hall–Kier alpha value is -1.84. The van der Waals surface area contributed by atoms with E-state index in [4.69, 9.17) is 10.5 Å². The van der Waals surface area contributed by atoms with E-state index in [9.17, 15) is 0 Å². The van der Waals surface area contributed by atoms with Gasteiger partial charge in [0.25, 0.3) is 0 Å². The average molecular weight is 268 g/mol. The van der Waals surface area contributed by atoms with Gasteiger partial charge in [-0.2, -0.15) is 0 Å². The van der Waals surface area contributed by atoms with E-state index < -0.39 is 0 Å². The molecule has 3 rings (SSSR count). The van der Waals surface area contributed by atoms with E-state index >= 15 is 0 Å². The number of nitrogens with zero attached hydrogens (tertiary/aromatic N) is 1. The first-order valence-electron chi connectivity index (χ1n) is 7.10. The first-order chi connectivity index (χ1) is 9.81. The highest BCUT2D eigenvalue weighted by Crippen LogP contribution is 2.26. The lowest BCUT2D eigenvalue weighted by molar-refractivity contribution is 0.321. The van der Waals surface area contributed by atoms with Gasteiger partial charge in [0, 0.05) is 31.2 Å². The van der Waals surface area contributed by atoms with Gasteiger partial charge in [-0.3, -0.25) is 4.90 Å². The van der Waals surface area contributed by atoms with Gasteiger partial charge in [0.2, 0.25) is 0 Å². The quantitative estimate of drug-likeness (QED) is 0.926. The monoisotopic (exact) mass is 268 g/mol. The second-order valence-electron chi connectivity index (χ2n) is 5.31. The molecule has 2 aromatic rings. The van der Waals surface area contributed by atoms with Crippen molar-refractivity contribution < 1.29 is 4.74 Å². The van der Waals surface area contributed by atoms with Crippen LogP contribution in [-0.2, 0) is 6.54 Å². The van der Waals surface area contributed by atoms with E-state index in [1.54, 1.807) is 0 Å². The molecule has 0 bridgehead atoms. The number of nitrogens with two attached hydrogens (primary N) is 1. The lowest BCUT2D eigenvalue weighted by Crippen LogP contribution is -2.26. The van der Waals surface area contributed by atoms with E-state index in [1.807, 2.05) is 42.5 Å². The molecular formula is C17H20N2O. The third-order valence-corrected chi connectivity index (χ3v) is 3.65. The van der Waals surface area contributed by atoms with Crippen molar-refractivity contribution in [3.05, 3.63) is 60.2 Å². The number of hydrogen-bond acceptors (Lipinski definition) is 3. The Balaban J connectivity index is 1.74. The van der Waals surface area contributed by atoms with Crippen molar-refractivity contribution in [2.75, 3.05) is 13.1 Å². The van der Waals surface area contributed by atoms with Crippen molar-refractivity contribution in [3.8, 4) is 11.5 Å². The Morgan fingerprint density at radius 1 is 1.05 bits per heavy atom.